The molecule has 7 rings (SSSR count). The molecule has 0 radical (unpaired) electrons. The van der Waals surface area contributed by atoms with E-state index in [-0.39, 0.29) is 11.3 Å². The summed E-state index contributed by atoms with van der Waals surface area (Å²) in [6, 6.07) is 16.0. The number of nitrogens with one attached hydrogen (secondary N) is 2. The van der Waals surface area contributed by atoms with Crippen LogP contribution in [-0.4, -0.2) is 79.8 Å². The SMILES string of the molecule is CCCN(Cc1ncc(-c2ccc3c(ccc4oc5cc(-c6cnc([C@@H]7CCCN7CC)[nH]6)ccc5c(=O)c43)c2)[nH]1)C(=O)CN(CC)CC. The summed E-state index contributed by atoms with van der Waals surface area (Å²) in [5.74, 6) is 1.85. The van der Waals surface area contributed by atoms with Crippen molar-refractivity contribution in [1.29, 1.82) is 0 Å². The van der Waals surface area contributed by atoms with Gasteiger partial charge in [-0.3, -0.25) is 19.4 Å². The second-order valence-electron chi connectivity index (χ2n) is 13.0. The lowest BCUT2D eigenvalue weighted by molar-refractivity contribution is -0.133. The number of benzene rings is 3. The molecule has 0 saturated carbocycles. The number of likely N-dealkylation sites (tertiary alicyclic amines) is 1. The molecule has 0 spiro atoms. The van der Waals surface area contributed by atoms with Crippen molar-refractivity contribution < 1.29 is 9.21 Å². The maximum absolute atomic E-state index is 13.9. The normalized spacial score (nSPS) is 15.3. The smallest absolute Gasteiger partial charge is 0.237 e. The van der Waals surface area contributed by atoms with Gasteiger partial charge < -0.3 is 19.3 Å². The number of carbonyl (C=O) groups is 1. The zero-order valence-electron chi connectivity index (χ0n) is 28.9. The van der Waals surface area contributed by atoms with E-state index in [0.29, 0.717) is 47.6 Å². The first-order valence-electron chi connectivity index (χ1n) is 17.7. The van der Waals surface area contributed by atoms with Crippen molar-refractivity contribution in [2.75, 3.05) is 39.3 Å². The molecule has 4 heterocycles. The Morgan fingerprint density at radius 1 is 0.918 bits per heavy atom. The van der Waals surface area contributed by atoms with Gasteiger partial charge in [0.25, 0.3) is 0 Å². The van der Waals surface area contributed by atoms with Crippen molar-refractivity contribution in [3.05, 3.63) is 82.8 Å². The van der Waals surface area contributed by atoms with E-state index in [9.17, 15) is 9.59 Å². The average Bonchev–Trinajstić information content (AvgIpc) is 3.91. The topological polar surface area (TPSA) is 114 Å². The number of imidazole rings is 2. The van der Waals surface area contributed by atoms with E-state index in [1.807, 2.05) is 59.8 Å². The van der Waals surface area contributed by atoms with Crippen LogP contribution in [0.2, 0.25) is 0 Å². The second-order valence-corrected chi connectivity index (χ2v) is 13.0. The molecule has 3 aromatic heterocycles. The molecule has 6 aromatic rings. The van der Waals surface area contributed by atoms with Crippen molar-refractivity contribution in [1.82, 2.24) is 34.6 Å². The van der Waals surface area contributed by atoms with Gasteiger partial charge in [-0.05, 0) is 80.5 Å². The van der Waals surface area contributed by atoms with Crippen LogP contribution in [0.25, 0.3) is 55.2 Å². The monoisotopic (exact) mass is 659 g/mol. The van der Waals surface area contributed by atoms with E-state index in [4.69, 9.17) is 9.40 Å². The van der Waals surface area contributed by atoms with Gasteiger partial charge in [0.1, 0.15) is 22.8 Å². The van der Waals surface area contributed by atoms with Crippen LogP contribution in [0.4, 0.5) is 0 Å². The minimum absolute atomic E-state index is 0.0507. The van der Waals surface area contributed by atoms with Crippen molar-refractivity contribution in [3.63, 3.8) is 0 Å². The van der Waals surface area contributed by atoms with Crippen LogP contribution in [0.3, 0.4) is 0 Å². The van der Waals surface area contributed by atoms with Crippen LogP contribution in [0.15, 0.2) is 70.1 Å². The van der Waals surface area contributed by atoms with E-state index in [2.05, 4.69) is 58.5 Å². The molecule has 10 nitrogen and oxygen atoms in total. The first-order chi connectivity index (χ1) is 23.9. The Hall–Kier alpha value is -4.80. The summed E-state index contributed by atoms with van der Waals surface area (Å²) < 4.78 is 6.38. The highest BCUT2D eigenvalue weighted by atomic mass is 16.3. The Bertz CT molecular complexity index is 2180. The molecular weight excluding hydrogens is 614 g/mol. The minimum Gasteiger partial charge on any atom is -0.456 e. The molecule has 10 heteroatoms. The molecule has 254 valence electrons. The maximum atomic E-state index is 13.9. The number of likely N-dealkylation sites (N-methyl/N-ethyl adjacent to an activating group) is 1. The van der Waals surface area contributed by atoms with Gasteiger partial charge in [0, 0.05) is 17.7 Å². The van der Waals surface area contributed by atoms with E-state index >= 15 is 0 Å². The third-order valence-electron chi connectivity index (χ3n) is 10.0. The average molecular weight is 660 g/mol. The van der Waals surface area contributed by atoms with Crippen molar-refractivity contribution in [2.45, 2.75) is 59.5 Å². The Morgan fingerprint density at radius 2 is 1.67 bits per heavy atom. The summed E-state index contributed by atoms with van der Waals surface area (Å²) in [6.45, 7) is 13.7. The van der Waals surface area contributed by atoms with Crippen LogP contribution < -0.4 is 5.43 Å². The maximum Gasteiger partial charge on any atom is 0.237 e. The largest absolute Gasteiger partial charge is 0.456 e. The predicted molar refractivity (Wildman–Crippen MR) is 195 cm³/mol. The lowest BCUT2D eigenvalue weighted by Gasteiger charge is -2.25. The highest BCUT2D eigenvalue weighted by Gasteiger charge is 2.27. The van der Waals surface area contributed by atoms with Crippen LogP contribution in [0.1, 0.15) is 64.6 Å². The number of hydrogen-bond donors (Lipinski definition) is 2. The lowest BCUT2D eigenvalue weighted by atomic mass is 10.0. The Balaban J connectivity index is 1.15. The van der Waals surface area contributed by atoms with Crippen LogP contribution in [0.5, 0.6) is 0 Å². The van der Waals surface area contributed by atoms with E-state index in [0.717, 1.165) is 84.0 Å². The zero-order chi connectivity index (χ0) is 34.1. The van der Waals surface area contributed by atoms with E-state index < -0.39 is 0 Å². The molecule has 1 amide bonds. The van der Waals surface area contributed by atoms with Crippen LogP contribution in [-0.2, 0) is 11.3 Å². The summed E-state index contributed by atoms with van der Waals surface area (Å²) >= 11 is 0. The molecule has 2 N–H and O–H groups in total. The van der Waals surface area contributed by atoms with Gasteiger partial charge >= 0.3 is 0 Å². The Labute approximate surface area is 286 Å². The summed E-state index contributed by atoms with van der Waals surface area (Å²) in [5.41, 5.74) is 4.72. The molecule has 0 unspecified atom stereocenters. The van der Waals surface area contributed by atoms with Crippen LogP contribution >= 0.6 is 0 Å². The fourth-order valence-electron chi connectivity index (χ4n) is 7.25. The van der Waals surface area contributed by atoms with Crippen molar-refractivity contribution >= 4 is 38.6 Å². The summed E-state index contributed by atoms with van der Waals surface area (Å²) in [7, 11) is 0. The summed E-state index contributed by atoms with van der Waals surface area (Å²) in [6.07, 6.45) is 6.86. The second kappa shape index (κ2) is 14.0. The standard InChI is InChI=1S/C39H45N7O3/c1-5-17-46(36(47)24-44(6-2)7-3)23-35-40-21-30(42-35)26-11-14-28-25(19-26)13-16-33-37(28)38(48)29-15-12-27(20-34(29)49-33)31-22-41-39(43-31)32-10-9-18-45(32)8-4/h11-16,19-22,32H,5-10,17-18,23-24H2,1-4H3,(H,40,42)(H,41,43)/t32-/m0/s1. The minimum atomic E-state index is -0.0507. The van der Waals surface area contributed by atoms with Gasteiger partial charge in [-0.15, -0.1) is 0 Å². The highest BCUT2D eigenvalue weighted by Crippen LogP contribution is 2.33. The number of amides is 1. The Kier molecular flexibility index (Phi) is 9.33. The van der Waals surface area contributed by atoms with Crippen molar-refractivity contribution in [3.8, 4) is 22.5 Å². The molecule has 0 bridgehead atoms. The Morgan fingerprint density at radius 3 is 2.45 bits per heavy atom. The van der Waals surface area contributed by atoms with Gasteiger partial charge in [-0.2, -0.15) is 0 Å². The number of aromatic nitrogens is 4. The summed E-state index contributed by atoms with van der Waals surface area (Å²) in [4.78, 5) is 49.7. The molecule has 1 aliphatic heterocycles. The van der Waals surface area contributed by atoms with Crippen molar-refractivity contribution in [2.24, 2.45) is 0 Å². The lowest BCUT2D eigenvalue weighted by Crippen LogP contribution is -2.40. The van der Waals surface area contributed by atoms with Gasteiger partial charge in [0.05, 0.1) is 53.7 Å². The van der Waals surface area contributed by atoms with Gasteiger partial charge in [0.2, 0.25) is 11.3 Å². The van der Waals surface area contributed by atoms with E-state index in [1.165, 1.54) is 6.42 Å². The molecule has 0 aliphatic carbocycles. The molecule has 1 fully saturated rings. The number of H-pyrrole nitrogens is 2. The number of rotatable bonds is 12. The van der Waals surface area contributed by atoms with E-state index in [1.54, 1.807) is 0 Å². The zero-order valence-corrected chi connectivity index (χ0v) is 28.9. The molecule has 1 atom stereocenters. The fraction of sp³-hybridized carbons (Fsp3) is 0.385. The van der Waals surface area contributed by atoms with Gasteiger partial charge in [-0.25, -0.2) is 9.97 Å². The third kappa shape index (κ3) is 6.38. The van der Waals surface area contributed by atoms with Crippen LogP contribution in [0, 0.1) is 0 Å². The number of aromatic amines is 2. The third-order valence-corrected chi connectivity index (χ3v) is 10.0. The molecule has 49 heavy (non-hydrogen) atoms. The van der Waals surface area contributed by atoms with Gasteiger partial charge in [0.15, 0.2) is 0 Å². The number of hydrogen-bond acceptors (Lipinski definition) is 7. The first-order valence-corrected chi connectivity index (χ1v) is 17.7. The predicted octanol–water partition coefficient (Wildman–Crippen LogP) is 7.12. The molecule has 1 aliphatic rings. The fourth-order valence-corrected chi connectivity index (χ4v) is 7.25. The highest BCUT2D eigenvalue weighted by molar-refractivity contribution is 6.09. The number of fused-ring (bicyclic) bond motifs is 4. The number of nitrogens with zero attached hydrogens (tertiary/aromatic N) is 5. The van der Waals surface area contributed by atoms with Gasteiger partial charge in [-0.1, -0.05) is 52.0 Å². The first kappa shape index (κ1) is 32.7. The molecular formula is C39H45N7O3. The molecule has 3 aromatic carbocycles. The molecule has 1 saturated heterocycles. The summed E-state index contributed by atoms with van der Waals surface area (Å²) in [5, 5.41) is 2.89. The quantitative estimate of drug-likeness (QED) is 0.106. The number of carbonyl (C=O) groups excluding carboxylic acids is 1.